The van der Waals surface area contributed by atoms with Crippen molar-refractivity contribution in [1.82, 2.24) is 0 Å². The Kier molecular flexibility index (Phi) is 6.14. The van der Waals surface area contributed by atoms with Crippen molar-refractivity contribution in [1.29, 1.82) is 0 Å². The van der Waals surface area contributed by atoms with E-state index in [2.05, 4.69) is 5.32 Å². The van der Waals surface area contributed by atoms with Crippen LogP contribution in [0.5, 0.6) is 0 Å². The Morgan fingerprint density at radius 2 is 1.60 bits per heavy atom. The molecular weight excluding hydrogens is 381 g/mol. The molecule has 1 unspecified atom stereocenters. The number of amides is 1. The number of sulfone groups is 1. The van der Waals surface area contributed by atoms with Gasteiger partial charge < -0.3 is 5.32 Å². The molecule has 2 rings (SSSR count). The fourth-order valence-electron chi connectivity index (χ4n) is 2.22. The second kappa shape index (κ2) is 7.77. The van der Waals surface area contributed by atoms with Crippen molar-refractivity contribution in [3.05, 3.63) is 58.1 Å². The molecule has 0 bridgehead atoms. The van der Waals surface area contributed by atoms with Crippen molar-refractivity contribution in [3.63, 3.8) is 0 Å². The highest BCUT2D eigenvalue weighted by atomic mass is 35.5. The van der Waals surface area contributed by atoms with Crippen LogP contribution in [0.4, 0.5) is 5.69 Å². The molecule has 1 amide bonds. The van der Waals surface area contributed by atoms with E-state index in [-0.39, 0.29) is 15.6 Å². The van der Waals surface area contributed by atoms with E-state index in [0.29, 0.717) is 10.9 Å². The number of halogens is 2. The van der Waals surface area contributed by atoms with Gasteiger partial charge in [-0.2, -0.15) is 0 Å². The second-order valence-electron chi connectivity index (χ2n) is 6.02. The predicted octanol–water partition coefficient (Wildman–Crippen LogP) is 4.92. The lowest BCUT2D eigenvalue weighted by Crippen LogP contribution is -2.32. The van der Waals surface area contributed by atoms with E-state index < -0.39 is 21.0 Å². The molecule has 0 spiro atoms. The van der Waals surface area contributed by atoms with Crippen LogP contribution in [0.2, 0.25) is 10.0 Å². The molecule has 1 atom stereocenters. The molecule has 0 radical (unpaired) electrons. The fourth-order valence-corrected chi connectivity index (χ4v) is 3.82. The van der Waals surface area contributed by atoms with E-state index >= 15 is 0 Å². The zero-order valence-corrected chi connectivity index (χ0v) is 16.4. The van der Waals surface area contributed by atoms with Gasteiger partial charge in [0.05, 0.1) is 15.6 Å². The summed E-state index contributed by atoms with van der Waals surface area (Å²) in [7, 11) is -3.81. The third-order valence-corrected chi connectivity index (χ3v) is 6.54. The second-order valence-corrected chi connectivity index (χ2v) is 9.14. The van der Waals surface area contributed by atoms with Crippen molar-refractivity contribution >= 4 is 44.6 Å². The molecule has 7 heteroatoms. The van der Waals surface area contributed by atoms with Crippen LogP contribution in [-0.4, -0.2) is 19.6 Å². The third-order valence-electron chi connectivity index (χ3n) is 3.90. The highest BCUT2D eigenvalue weighted by Crippen LogP contribution is 2.27. The number of carbonyl (C=O) groups is 1. The van der Waals surface area contributed by atoms with Gasteiger partial charge in [-0.3, -0.25) is 4.79 Å². The van der Waals surface area contributed by atoms with Gasteiger partial charge in [-0.05, 0) is 48.7 Å². The molecule has 2 aromatic rings. The van der Waals surface area contributed by atoms with Gasteiger partial charge in [0, 0.05) is 5.02 Å². The molecule has 2 aromatic carbocycles. The largest absolute Gasteiger partial charge is 0.324 e. The molecule has 0 saturated heterocycles. The number of hydrogen-bond acceptors (Lipinski definition) is 3. The molecule has 0 aromatic heterocycles. The number of rotatable bonds is 5. The topological polar surface area (TPSA) is 63.2 Å². The highest BCUT2D eigenvalue weighted by molar-refractivity contribution is 7.92. The lowest BCUT2D eigenvalue weighted by molar-refractivity contribution is -0.115. The minimum atomic E-state index is -3.81. The summed E-state index contributed by atoms with van der Waals surface area (Å²) in [5.41, 5.74) is 1.30. The molecule has 0 aliphatic carbocycles. The fraction of sp³-hybridized carbons (Fsp3) is 0.278. The molecule has 4 nitrogen and oxygen atoms in total. The number of benzene rings is 2. The Morgan fingerprint density at radius 3 is 2.16 bits per heavy atom. The van der Waals surface area contributed by atoms with E-state index in [0.717, 1.165) is 5.56 Å². The van der Waals surface area contributed by atoms with Crippen LogP contribution in [0.15, 0.2) is 47.4 Å². The first-order chi connectivity index (χ1) is 11.6. The van der Waals surface area contributed by atoms with Crippen LogP contribution in [0.25, 0.3) is 0 Å². The van der Waals surface area contributed by atoms with Gasteiger partial charge in [-0.25, -0.2) is 8.42 Å². The molecule has 134 valence electrons. The van der Waals surface area contributed by atoms with Crippen LogP contribution in [0.3, 0.4) is 0 Å². The average molecular weight is 400 g/mol. The monoisotopic (exact) mass is 399 g/mol. The smallest absolute Gasteiger partial charge is 0.242 e. The third kappa shape index (κ3) is 4.54. The van der Waals surface area contributed by atoms with Crippen molar-refractivity contribution < 1.29 is 13.2 Å². The summed E-state index contributed by atoms with van der Waals surface area (Å²) in [6, 6.07) is 11.2. The van der Waals surface area contributed by atoms with E-state index in [1.165, 1.54) is 31.2 Å². The minimum Gasteiger partial charge on any atom is -0.324 e. The zero-order chi connectivity index (χ0) is 18.8. The number of hydrogen-bond donors (Lipinski definition) is 1. The standard InChI is InChI=1S/C18H19Cl2NO3S/c1-11(2)13-4-7-15(8-5-13)25(23,24)12(3)18(22)21-17-10-14(19)6-9-16(17)20/h4-12H,1-3H3,(H,21,22). The summed E-state index contributed by atoms with van der Waals surface area (Å²) in [5, 5.41) is 1.92. The van der Waals surface area contributed by atoms with Crippen molar-refractivity contribution in [3.8, 4) is 0 Å². The molecule has 0 saturated carbocycles. The van der Waals surface area contributed by atoms with Crippen LogP contribution in [0, 0.1) is 0 Å². The van der Waals surface area contributed by atoms with Crippen LogP contribution >= 0.6 is 23.2 Å². The van der Waals surface area contributed by atoms with Gasteiger partial charge in [0.2, 0.25) is 5.91 Å². The van der Waals surface area contributed by atoms with Crippen molar-refractivity contribution in [2.75, 3.05) is 5.32 Å². The van der Waals surface area contributed by atoms with Crippen molar-refractivity contribution in [2.24, 2.45) is 0 Å². The van der Waals surface area contributed by atoms with E-state index in [1.807, 2.05) is 13.8 Å². The highest BCUT2D eigenvalue weighted by Gasteiger charge is 2.30. The van der Waals surface area contributed by atoms with E-state index in [4.69, 9.17) is 23.2 Å². The van der Waals surface area contributed by atoms with Crippen LogP contribution in [0.1, 0.15) is 32.3 Å². The molecule has 25 heavy (non-hydrogen) atoms. The van der Waals surface area contributed by atoms with Crippen LogP contribution < -0.4 is 5.32 Å². The normalized spacial score (nSPS) is 12.9. The molecule has 0 heterocycles. The van der Waals surface area contributed by atoms with Gasteiger partial charge in [-0.1, -0.05) is 49.2 Å². The first-order valence-corrected chi connectivity index (χ1v) is 10.0. The molecule has 1 N–H and O–H groups in total. The first-order valence-electron chi connectivity index (χ1n) is 7.72. The summed E-state index contributed by atoms with van der Waals surface area (Å²) in [6.45, 7) is 5.39. The molecule has 0 aliphatic heterocycles. The van der Waals surface area contributed by atoms with Crippen molar-refractivity contribution in [2.45, 2.75) is 36.8 Å². The van der Waals surface area contributed by atoms with Crippen LogP contribution in [-0.2, 0) is 14.6 Å². The molecular formula is C18H19Cl2NO3S. The number of nitrogens with one attached hydrogen (secondary N) is 1. The maximum absolute atomic E-state index is 12.7. The number of anilines is 1. The summed E-state index contributed by atoms with van der Waals surface area (Å²) < 4.78 is 25.4. The maximum atomic E-state index is 12.7. The Morgan fingerprint density at radius 1 is 1.00 bits per heavy atom. The summed E-state index contributed by atoms with van der Waals surface area (Å²) in [5.74, 6) is -0.375. The van der Waals surface area contributed by atoms with Gasteiger partial charge in [0.1, 0.15) is 5.25 Å². The van der Waals surface area contributed by atoms with Gasteiger partial charge in [0.25, 0.3) is 0 Å². The molecule has 0 fully saturated rings. The quantitative estimate of drug-likeness (QED) is 0.775. The lowest BCUT2D eigenvalue weighted by Gasteiger charge is -2.15. The van der Waals surface area contributed by atoms with E-state index in [9.17, 15) is 13.2 Å². The van der Waals surface area contributed by atoms with E-state index in [1.54, 1.807) is 18.2 Å². The zero-order valence-electron chi connectivity index (χ0n) is 14.1. The summed E-state index contributed by atoms with van der Waals surface area (Å²) in [6.07, 6.45) is 0. The minimum absolute atomic E-state index is 0.108. The summed E-state index contributed by atoms with van der Waals surface area (Å²) >= 11 is 11.9. The van der Waals surface area contributed by atoms with Gasteiger partial charge >= 0.3 is 0 Å². The SMILES string of the molecule is CC(C)c1ccc(S(=O)(=O)C(C)C(=O)Nc2cc(Cl)ccc2Cl)cc1. The Labute approximate surface area is 158 Å². The lowest BCUT2D eigenvalue weighted by atomic mass is 10.0. The summed E-state index contributed by atoms with van der Waals surface area (Å²) in [4.78, 5) is 12.5. The maximum Gasteiger partial charge on any atom is 0.242 e. The number of carbonyl (C=O) groups excluding carboxylic acids is 1. The Balaban J connectivity index is 2.23. The van der Waals surface area contributed by atoms with Gasteiger partial charge in [0.15, 0.2) is 9.84 Å². The average Bonchev–Trinajstić information content (AvgIpc) is 2.57. The Bertz CT molecular complexity index is 878. The van der Waals surface area contributed by atoms with Gasteiger partial charge in [-0.15, -0.1) is 0 Å². The first kappa shape index (κ1) is 19.8. The molecule has 0 aliphatic rings. The predicted molar refractivity (Wildman–Crippen MR) is 102 cm³/mol. The Hall–Kier alpha value is -1.56.